The zero-order valence-electron chi connectivity index (χ0n) is 14.6. The van der Waals surface area contributed by atoms with Crippen LogP contribution in [0.3, 0.4) is 0 Å². The summed E-state index contributed by atoms with van der Waals surface area (Å²) in [5.74, 6) is 0.148. The topological polar surface area (TPSA) is 102 Å². The quantitative estimate of drug-likeness (QED) is 0.320. The molecular formula is C16H28O7P2. The summed E-state index contributed by atoms with van der Waals surface area (Å²) in [7, 11) is -9.41. The molecule has 0 heterocycles. The maximum absolute atomic E-state index is 12.4. The van der Waals surface area contributed by atoms with E-state index >= 15 is 0 Å². The highest BCUT2D eigenvalue weighted by atomic mass is 31.3. The van der Waals surface area contributed by atoms with Gasteiger partial charge in [-0.2, -0.15) is 4.31 Å². The van der Waals surface area contributed by atoms with Crippen LogP contribution in [-0.4, -0.2) is 16.4 Å². The second-order valence-corrected chi connectivity index (χ2v) is 8.70. The van der Waals surface area contributed by atoms with Gasteiger partial charge in [0, 0.05) is 0 Å². The molecule has 1 unspecified atom stereocenters. The molecule has 1 aromatic carbocycles. The Morgan fingerprint density at radius 1 is 0.880 bits per heavy atom. The van der Waals surface area contributed by atoms with Gasteiger partial charge in [0.15, 0.2) is 0 Å². The monoisotopic (exact) mass is 394 g/mol. The van der Waals surface area contributed by atoms with Crippen LogP contribution >= 0.6 is 15.6 Å². The average Bonchev–Trinajstić information content (AvgIpc) is 2.52. The summed E-state index contributed by atoms with van der Waals surface area (Å²) in [4.78, 5) is 17.9. The molecule has 0 saturated heterocycles. The van der Waals surface area contributed by atoms with Crippen molar-refractivity contribution < 1.29 is 32.3 Å². The van der Waals surface area contributed by atoms with Crippen molar-refractivity contribution in [1.29, 1.82) is 0 Å². The molecule has 0 aliphatic heterocycles. The van der Waals surface area contributed by atoms with Gasteiger partial charge in [-0.15, -0.1) is 0 Å². The van der Waals surface area contributed by atoms with E-state index < -0.39 is 15.6 Å². The van der Waals surface area contributed by atoms with E-state index in [1.165, 1.54) is 37.8 Å². The van der Waals surface area contributed by atoms with Gasteiger partial charge in [0.2, 0.25) is 0 Å². The van der Waals surface area contributed by atoms with E-state index in [1.54, 1.807) is 18.2 Å². The fourth-order valence-corrected chi connectivity index (χ4v) is 4.37. The number of unbranched alkanes of at least 4 members (excludes halogenated alkanes) is 7. The molecule has 0 aromatic heterocycles. The van der Waals surface area contributed by atoms with E-state index in [9.17, 15) is 9.13 Å². The van der Waals surface area contributed by atoms with Gasteiger partial charge in [-0.3, -0.25) is 4.52 Å². The van der Waals surface area contributed by atoms with Crippen molar-refractivity contribution in [2.75, 3.05) is 6.61 Å². The fraction of sp³-hybridized carbons (Fsp3) is 0.625. The number of hydrogen-bond donors (Lipinski definition) is 2. The molecule has 1 atom stereocenters. The van der Waals surface area contributed by atoms with Crippen molar-refractivity contribution in [1.82, 2.24) is 0 Å². The number of phosphoric acid groups is 2. The van der Waals surface area contributed by atoms with E-state index in [-0.39, 0.29) is 12.4 Å². The summed E-state index contributed by atoms with van der Waals surface area (Å²) >= 11 is 0. The first-order chi connectivity index (χ1) is 11.8. The lowest BCUT2D eigenvalue weighted by Crippen LogP contribution is -2.03. The van der Waals surface area contributed by atoms with Gasteiger partial charge in [-0.1, -0.05) is 70.1 Å². The van der Waals surface area contributed by atoms with Gasteiger partial charge in [0.1, 0.15) is 5.75 Å². The highest BCUT2D eigenvalue weighted by Crippen LogP contribution is 2.60. The first kappa shape index (κ1) is 22.4. The minimum atomic E-state index is -5.01. The molecule has 9 heteroatoms. The predicted octanol–water partition coefficient (Wildman–Crippen LogP) is 5.44. The lowest BCUT2D eigenvalue weighted by Gasteiger charge is -2.18. The van der Waals surface area contributed by atoms with E-state index in [4.69, 9.17) is 18.8 Å². The van der Waals surface area contributed by atoms with Gasteiger partial charge in [0.25, 0.3) is 0 Å². The van der Waals surface area contributed by atoms with Crippen molar-refractivity contribution in [3.05, 3.63) is 30.3 Å². The summed E-state index contributed by atoms with van der Waals surface area (Å²) in [6, 6.07) is 7.99. The van der Waals surface area contributed by atoms with Crippen molar-refractivity contribution in [2.24, 2.45) is 0 Å². The second kappa shape index (κ2) is 11.8. The molecule has 0 aliphatic rings. The largest absolute Gasteiger partial charge is 0.539 e. The van der Waals surface area contributed by atoms with Crippen LogP contribution in [-0.2, 0) is 18.0 Å². The van der Waals surface area contributed by atoms with Crippen LogP contribution in [0.2, 0.25) is 0 Å². The molecule has 2 N–H and O–H groups in total. The lowest BCUT2D eigenvalue weighted by atomic mass is 10.1. The van der Waals surface area contributed by atoms with Crippen molar-refractivity contribution >= 4 is 15.6 Å². The zero-order chi connectivity index (χ0) is 18.6. The maximum atomic E-state index is 12.4. The molecule has 1 rings (SSSR count). The summed E-state index contributed by atoms with van der Waals surface area (Å²) in [5, 5.41) is 0. The minimum absolute atomic E-state index is 0.0407. The maximum Gasteiger partial charge on any atom is 0.539 e. The van der Waals surface area contributed by atoms with Gasteiger partial charge in [-0.05, 0) is 18.6 Å². The molecule has 25 heavy (non-hydrogen) atoms. The average molecular weight is 394 g/mol. The Hall–Kier alpha value is -0.680. The predicted molar refractivity (Wildman–Crippen MR) is 96.4 cm³/mol. The Balaban J connectivity index is 2.39. The molecule has 0 bridgehead atoms. The molecule has 1 aromatic rings. The number of para-hydroxylation sites is 1. The van der Waals surface area contributed by atoms with Crippen LogP contribution in [0, 0.1) is 0 Å². The van der Waals surface area contributed by atoms with Gasteiger partial charge < -0.3 is 14.3 Å². The highest BCUT2D eigenvalue weighted by molar-refractivity contribution is 7.61. The normalized spacial score (nSPS) is 14.2. The molecule has 0 spiro atoms. The first-order valence-electron chi connectivity index (χ1n) is 8.61. The van der Waals surface area contributed by atoms with Crippen LogP contribution < -0.4 is 4.52 Å². The molecule has 0 amide bonds. The van der Waals surface area contributed by atoms with Crippen LogP contribution in [0.4, 0.5) is 0 Å². The number of hydrogen-bond acceptors (Lipinski definition) is 5. The second-order valence-electron chi connectivity index (χ2n) is 5.73. The standard InChI is InChI=1S/C16H28O7P2/c1-2-3-4-5-6-7-8-12-15-21-25(20,23-24(17,18)19)22-16-13-10-9-11-14-16/h9-11,13-14H,2-8,12,15H2,1H3,(H2,17,18,19). The van der Waals surface area contributed by atoms with Crippen LogP contribution in [0.5, 0.6) is 5.75 Å². The highest BCUT2D eigenvalue weighted by Gasteiger charge is 2.37. The smallest absolute Gasteiger partial charge is 0.404 e. The van der Waals surface area contributed by atoms with Gasteiger partial charge in [-0.25, -0.2) is 9.13 Å². The number of benzene rings is 1. The Labute approximate surface area is 149 Å². The zero-order valence-corrected chi connectivity index (χ0v) is 16.4. The SMILES string of the molecule is CCCCCCCCCCOP(=O)(Oc1ccccc1)OP(=O)(O)O. The van der Waals surface area contributed by atoms with Crippen molar-refractivity contribution in [3.63, 3.8) is 0 Å². The summed E-state index contributed by atoms with van der Waals surface area (Å²) in [5.41, 5.74) is 0. The molecule has 144 valence electrons. The van der Waals surface area contributed by atoms with Crippen LogP contribution in [0.25, 0.3) is 0 Å². The summed E-state index contributed by atoms with van der Waals surface area (Å²) < 4.78 is 37.9. The Bertz CT molecular complexity index is 559. The van der Waals surface area contributed by atoms with Crippen molar-refractivity contribution in [3.8, 4) is 5.75 Å². The number of phosphoric ester groups is 1. The molecule has 0 saturated carbocycles. The third-order valence-electron chi connectivity index (χ3n) is 3.41. The molecule has 0 fully saturated rings. The summed E-state index contributed by atoms with van der Waals surface area (Å²) in [6.45, 7) is 2.21. The van der Waals surface area contributed by atoms with Crippen LogP contribution in [0.15, 0.2) is 30.3 Å². The van der Waals surface area contributed by atoms with E-state index in [1.807, 2.05) is 0 Å². The van der Waals surface area contributed by atoms with Crippen LogP contribution in [0.1, 0.15) is 58.3 Å². The number of rotatable bonds is 14. The van der Waals surface area contributed by atoms with Gasteiger partial charge in [0.05, 0.1) is 6.61 Å². The summed E-state index contributed by atoms with van der Waals surface area (Å²) in [6.07, 6.45) is 8.57. The third kappa shape index (κ3) is 11.5. The Kier molecular flexibility index (Phi) is 10.6. The van der Waals surface area contributed by atoms with Gasteiger partial charge >= 0.3 is 15.6 Å². The molecule has 0 aliphatic carbocycles. The van der Waals surface area contributed by atoms with E-state index in [2.05, 4.69) is 11.2 Å². The lowest BCUT2D eigenvalue weighted by molar-refractivity contribution is 0.181. The first-order valence-corrected chi connectivity index (χ1v) is 11.6. The third-order valence-corrected chi connectivity index (χ3v) is 6.00. The molecule has 7 nitrogen and oxygen atoms in total. The Morgan fingerprint density at radius 3 is 2.00 bits per heavy atom. The van der Waals surface area contributed by atoms with E-state index in [0.29, 0.717) is 6.42 Å². The van der Waals surface area contributed by atoms with Crippen molar-refractivity contribution in [2.45, 2.75) is 58.3 Å². The minimum Gasteiger partial charge on any atom is -0.404 e. The Morgan fingerprint density at radius 2 is 1.44 bits per heavy atom. The fourth-order valence-electron chi connectivity index (χ4n) is 2.22. The van der Waals surface area contributed by atoms with E-state index in [0.717, 1.165) is 19.3 Å². The molecular weight excluding hydrogens is 366 g/mol. The molecule has 0 radical (unpaired) electrons.